The van der Waals surface area contributed by atoms with Gasteiger partial charge in [-0.25, -0.2) is 4.79 Å². The third-order valence-electron chi connectivity index (χ3n) is 3.12. The number of rotatable bonds is 4. The van der Waals surface area contributed by atoms with Crippen molar-refractivity contribution in [3.63, 3.8) is 0 Å². The fourth-order valence-electron chi connectivity index (χ4n) is 2.11. The predicted octanol–water partition coefficient (Wildman–Crippen LogP) is 3.38. The van der Waals surface area contributed by atoms with Gasteiger partial charge in [-0.3, -0.25) is 0 Å². The highest BCUT2D eigenvalue weighted by Gasteiger charge is 2.21. The first kappa shape index (κ1) is 13.9. The Hall–Kier alpha value is -2.49. The average Bonchev–Trinajstić information content (AvgIpc) is 2.46. The number of hydrogen-bond donors (Lipinski definition) is 1. The van der Waals surface area contributed by atoms with E-state index in [1.54, 1.807) is 12.1 Å². The summed E-state index contributed by atoms with van der Waals surface area (Å²) in [7, 11) is 2.89. The Kier molecular flexibility index (Phi) is 3.94. The van der Waals surface area contributed by atoms with Gasteiger partial charge in [0.2, 0.25) is 0 Å². The van der Waals surface area contributed by atoms with Crippen molar-refractivity contribution in [1.29, 1.82) is 0 Å². The van der Waals surface area contributed by atoms with E-state index in [2.05, 4.69) is 0 Å². The summed E-state index contributed by atoms with van der Waals surface area (Å²) in [6.45, 7) is 2.00. The normalized spacial score (nSPS) is 10.2. The van der Waals surface area contributed by atoms with E-state index in [4.69, 9.17) is 9.47 Å². The molecule has 0 aliphatic heterocycles. The Bertz CT molecular complexity index is 630. The lowest BCUT2D eigenvalue weighted by Gasteiger charge is -2.14. The molecule has 4 heteroatoms. The van der Waals surface area contributed by atoms with Gasteiger partial charge in [0, 0.05) is 5.56 Å². The molecule has 0 bridgehead atoms. The molecule has 0 unspecified atom stereocenters. The Balaban J connectivity index is 2.68. The number of hydrogen-bond acceptors (Lipinski definition) is 3. The number of carboxylic acids is 1. The Morgan fingerprint density at radius 1 is 1.00 bits per heavy atom. The van der Waals surface area contributed by atoms with Crippen LogP contribution in [0, 0.1) is 6.92 Å². The second-order valence-corrected chi connectivity index (χ2v) is 4.39. The molecule has 0 atom stereocenters. The van der Waals surface area contributed by atoms with Gasteiger partial charge in [0.15, 0.2) is 0 Å². The van der Waals surface area contributed by atoms with Crippen molar-refractivity contribution >= 4 is 5.97 Å². The van der Waals surface area contributed by atoms with Gasteiger partial charge in [0.1, 0.15) is 17.1 Å². The fourth-order valence-corrected chi connectivity index (χ4v) is 2.11. The Morgan fingerprint density at radius 3 is 2.15 bits per heavy atom. The summed E-state index contributed by atoms with van der Waals surface area (Å²) in [6.07, 6.45) is 0. The monoisotopic (exact) mass is 272 g/mol. The maximum absolute atomic E-state index is 11.4. The van der Waals surface area contributed by atoms with Gasteiger partial charge >= 0.3 is 5.97 Å². The number of aromatic carboxylic acids is 1. The number of ether oxygens (including phenoxy) is 2. The molecule has 4 nitrogen and oxygen atoms in total. The molecule has 0 spiro atoms. The number of methoxy groups -OCH3 is 2. The molecule has 0 heterocycles. The minimum atomic E-state index is -1.08. The molecule has 0 aliphatic rings. The molecule has 2 aromatic carbocycles. The van der Waals surface area contributed by atoms with E-state index >= 15 is 0 Å². The minimum absolute atomic E-state index is 0.0353. The summed E-state index contributed by atoms with van der Waals surface area (Å²) in [5, 5.41) is 9.36. The highest BCUT2D eigenvalue weighted by atomic mass is 16.5. The van der Waals surface area contributed by atoms with Crippen molar-refractivity contribution in [3.8, 4) is 22.6 Å². The third kappa shape index (κ3) is 2.45. The van der Waals surface area contributed by atoms with Gasteiger partial charge in [-0.15, -0.1) is 0 Å². The lowest BCUT2D eigenvalue weighted by molar-refractivity contribution is 0.0689. The largest absolute Gasteiger partial charge is 0.496 e. The Labute approximate surface area is 117 Å². The molecule has 0 saturated carbocycles. The van der Waals surface area contributed by atoms with Crippen LogP contribution in [0.4, 0.5) is 0 Å². The lowest BCUT2D eigenvalue weighted by Crippen LogP contribution is -2.05. The third-order valence-corrected chi connectivity index (χ3v) is 3.12. The van der Waals surface area contributed by atoms with E-state index in [1.165, 1.54) is 14.2 Å². The molecule has 20 heavy (non-hydrogen) atoms. The Morgan fingerprint density at radius 2 is 1.65 bits per heavy atom. The molecule has 0 saturated heterocycles. The van der Waals surface area contributed by atoms with Gasteiger partial charge in [0.05, 0.1) is 14.2 Å². The van der Waals surface area contributed by atoms with Crippen LogP contribution in [0.5, 0.6) is 11.5 Å². The zero-order chi connectivity index (χ0) is 14.7. The van der Waals surface area contributed by atoms with Gasteiger partial charge in [-0.2, -0.15) is 0 Å². The van der Waals surface area contributed by atoms with Crippen LogP contribution in [-0.2, 0) is 0 Å². The topological polar surface area (TPSA) is 55.8 Å². The molecule has 2 rings (SSSR count). The first-order chi connectivity index (χ1) is 9.58. The van der Waals surface area contributed by atoms with Crippen molar-refractivity contribution in [1.82, 2.24) is 0 Å². The summed E-state index contributed by atoms with van der Waals surface area (Å²) in [4.78, 5) is 11.4. The number of carboxylic acid groups (broad SMARTS) is 1. The highest BCUT2D eigenvalue weighted by Crippen LogP contribution is 2.38. The van der Waals surface area contributed by atoms with Crippen LogP contribution in [0.1, 0.15) is 15.9 Å². The molecule has 0 radical (unpaired) electrons. The molecule has 0 fully saturated rings. The second-order valence-electron chi connectivity index (χ2n) is 4.39. The molecular formula is C16H16O4. The zero-order valence-corrected chi connectivity index (χ0v) is 11.6. The van der Waals surface area contributed by atoms with Gasteiger partial charge in [-0.1, -0.05) is 29.8 Å². The summed E-state index contributed by atoms with van der Waals surface area (Å²) in [5.41, 5.74) is 2.80. The van der Waals surface area contributed by atoms with E-state index < -0.39 is 5.97 Å². The van der Waals surface area contributed by atoms with Crippen molar-refractivity contribution < 1.29 is 19.4 Å². The van der Waals surface area contributed by atoms with Crippen molar-refractivity contribution in [2.24, 2.45) is 0 Å². The first-order valence-electron chi connectivity index (χ1n) is 6.13. The SMILES string of the molecule is COc1ccc(-c2ccc(C)cc2)c(OC)c1C(=O)O. The molecule has 2 aromatic rings. The van der Waals surface area contributed by atoms with Crippen molar-refractivity contribution in [3.05, 3.63) is 47.5 Å². The zero-order valence-electron chi connectivity index (χ0n) is 11.6. The van der Waals surface area contributed by atoms with Gasteiger partial charge in [-0.05, 0) is 24.6 Å². The van der Waals surface area contributed by atoms with Crippen molar-refractivity contribution in [2.45, 2.75) is 6.92 Å². The van der Waals surface area contributed by atoms with Crippen LogP contribution >= 0.6 is 0 Å². The van der Waals surface area contributed by atoms with Crippen molar-refractivity contribution in [2.75, 3.05) is 14.2 Å². The average molecular weight is 272 g/mol. The molecule has 0 aliphatic carbocycles. The maximum Gasteiger partial charge on any atom is 0.343 e. The smallest absolute Gasteiger partial charge is 0.343 e. The van der Waals surface area contributed by atoms with Crippen LogP contribution in [0.3, 0.4) is 0 Å². The standard InChI is InChI=1S/C16H16O4/c1-10-4-6-11(7-5-10)12-8-9-13(19-2)14(16(17)18)15(12)20-3/h4-9H,1-3H3,(H,17,18). The number of carbonyl (C=O) groups is 1. The molecular weight excluding hydrogens is 256 g/mol. The second kappa shape index (κ2) is 5.65. The fraction of sp³-hybridized carbons (Fsp3) is 0.188. The summed E-state index contributed by atoms with van der Waals surface area (Å²) < 4.78 is 10.4. The molecule has 104 valence electrons. The predicted molar refractivity (Wildman–Crippen MR) is 76.7 cm³/mol. The minimum Gasteiger partial charge on any atom is -0.496 e. The molecule has 0 aromatic heterocycles. The summed E-state index contributed by atoms with van der Waals surface area (Å²) in [5.74, 6) is -0.487. The van der Waals surface area contributed by atoms with Gasteiger partial charge < -0.3 is 14.6 Å². The van der Waals surface area contributed by atoms with E-state index in [0.29, 0.717) is 5.75 Å². The van der Waals surface area contributed by atoms with Crippen LogP contribution in [0.2, 0.25) is 0 Å². The van der Waals surface area contributed by atoms with E-state index in [9.17, 15) is 9.90 Å². The highest BCUT2D eigenvalue weighted by molar-refractivity contribution is 5.97. The lowest BCUT2D eigenvalue weighted by atomic mass is 9.99. The quantitative estimate of drug-likeness (QED) is 0.927. The number of aryl methyl sites for hydroxylation is 1. The van der Waals surface area contributed by atoms with E-state index in [0.717, 1.165) is 16.7 Å². The molecule has 1 N–H and O–H groups in total. The van der Waals surface area contributed by atoms with E-state index in [1.807, 2.05) is 31.2 Å². The van der Waals surface area contributed by atoms with Crippen LogP contribution in [0.25, 0.3) is 11.1 Å². The van der Waals surface area contributed by atoms with Crippen LogP contribution in [-0.4, -0.2) is 25.3 Å². The summed E-state index contributed by atoms with van der Waals surface area (Å²) in [6, 6.07) is 11.3. The number of benzene rings is 2. The summed E-state index contributed by atoms with van der Waals surface area (Å²) >= 11 is 0. The first-order valence-corrected chi connectivity index (χ1v) is 6.13. The van der Waals surface area contributed by atoms with E-state index in [-0.39, 0.29) is 11.3 Å². The van der Waals surface area contributed by atoms with Crippen LogP contribution < -0.4 is 9.47 Å². The van der Waals surface area contributed by atoms with Crippen LogP contribution in [0.15, 0.2) is 36.4 Å². The van der Waals surface area contributed by atoms with Gasteiger partial charge in [0.25, 0.3) is 0 Å². The molecule has 0 amide bonds. The maximum atomic E-state index is 11.4.